The quantitative estimate of drug-likeness (QED) is 0.726. The van der Waals surface area contributed by atoms with Gasteiger partial charge in [-0.05, 0) is 12.5 Å². The first-order valence-corrected chi connectivity index (χ1v) is 7.71. The van der Waals surface area contributed by atoms with Gasteiger partial charge in [0.05, 0.1) is 31.6 Å². The molecule has 0 unspecified atom stereocenters. The Kier molecular flexibility index (Phi) is 3.98. The number of hydrogen-bond acceptors (Lipinski definition) is 4. The summed E-state index contributed by atoms with van der Waals surface area (Å²) < 4.78 is 14.5. The number of methoxy groups -OCH3 is 2. The van der Waals surface area contributed by atoms with Crippen LogP contribution in [-0.4, -0.2) is 28.3 Å². The first kappa shape index (κ1) is 15.4. The lowest BCUT2D eigenvalue weighted by atomic mass is 10.1. The average molecular weight is 315 g/mol. The van der Waals surface area contributed by atoms with Crippen LogP contribution < -0.4 is 15.0 Å². The van der Waals surface area contributed by atoms with Crippen molar-refractivity contribution >= 4 is 21.9 Å². The van der Waals surface area contributed by atoms with Crippen LogP contribution >= 0.6 is 0 Å². The van der Waals surface area contributed by atoms with Crippen LogP contribution in [0.25, 0.3) is 21.9 Å². The summed E-state index contributed by atoms with van der Waals surface area (Å²) in [6, 6.07) is 3.79. The zero-order valence-corrected chi connectivity index (χ0v) is 13.9. The first-order valence-electron chi connectivity index (χ1n) is 7.71. The van der Waals surface area contributed by atoms with Crippen molar-refractivity contribution in [3.8, 4) is 11.5 Å². The van der Waals surface area contributed by atoms with Gasteiger partial charge in [-0.25, -0.2) is 4.98 Å². The summed E-state index contributed by atoms with van der Waals surface area (Å²) in [5.41, 5.74) is 2.09. The molecule has 0 saturated heterocycles. The summed E-state index contributed by atoms with van der Waals surface area (Å²) >= 11 is 0. The maximum absolute atomic E-state index is 12.8. The van der Waals surface area contributed by atoms with E-state index in [4.69, 9.17) is 9.47 Å². The average Bonchev–Trinajstić information content (AvgIpc) is 2.96. The van der Waals surface area contributed by atoms with Crippen LogP contribution in [-0.2, 0) is 13.6 Å². The molecule has 0 aliphatic carbocycles. The number of aryl methyl sites for hydroxylation is 2. The van der Waals surface area contributed by atoms with Crippen LogP contribution in [0.4, 0.5) is 0 Å². The lowest BCUT2D eigenvalue weighted by molar-refractivity contribution is 0.355. The van der Waals surface area contributed by atoms with Gasteiger partial charge in [-0.15, -0.1) is 0 Å². The number of nitrogens with zero attached hydrogens (tertiary/aromatic N) is 3. The second kappa shape index (κ2) is 5.95. The predicted molar refractivity (Wildman–Crippen MR) is 90.5 cm³/mol. The number of fused-ring (bicyclic) bond motifs is 3. The molecule has 0 aliphatic heterocycles. The minimum atomic E-state index is -0.0613. The van der Waals surface area contributed by atoms with Gasteiger partial charge >= 0.3 is 0 Å². The van der Waals surface area contributed by atoms with Crippen LogP contribution in [0.2, 0.25) is 0 Å². The molecule has 122 valence electrons. The Bertz CT molecular complexity index is 924. The molecule has 0 radical (unpaired) electrons. The van der Waals surface area contributed by atoms with Gasteiger partial charge in [0.2, 0.25) is 0 Å². The highest BCUT2D eigenvalue weighted by Gasteiger charge is 2.17. The number of ether oxygens (including phenoxy) is 2. The van der Waals surface area contributed by atoms with Gasteiger partial charge in [0, 0.05) is 25.0 Å². The van der Waals surface area contributed by atoms with Crippen LogP contribution in [0.3, 0.4) is 0 Å². The van der Waals surface area contributed by atoms with Crippen molar-refractivity contribution in [2.75, 3.05) is 14.2 Å². The zero-order valence-electron chi connectivity index (χ0n) is 13.9. The lowest BCUT2D eigenvalue weighted by Gasteiger charge is -2.15. The summed E-state index contributed by atoms with van der Waals surface area (Å²) in [5.74, 6) is 1.26. The smallest absolute Gasteiger partial charge is 0.279 e. The molecule has 6 nitrogen and oxygen atoms in total. The molecule has 23 heavy (non-hydrogen) atoms. The SMILES string of the molecule is CCCCn1c(=O)c2ncn(C)c2c2cc(OC)c(OC)cc21. The van der Waals surface area contributed by atoms with Crippen molar-refractivity contribution in [2.24, 2.45) is 7.05 Å². The molecule has 0 amide bonds. The van der Waals surface area contributed by atoms with E-state index in [-0.39, 0.29) is 5.56 Å². The largest absolute Gasteiger partial charge is 0.493 e. The summed E-state index contributed by atoms with van der Waals surface area (Å²) in [5, 5.41) is 0.938. The van der Waals surface area contributed by atoms with Gasteiger partial charge in [-0.2, -0.15) is 0 Å². The number of aromatic nitrogens is 3. The number of pyridine rings is 1. The van der Waals surface area contributed by atoms with Gasteiger partial charge in [0.25, 0.3) is 5.56 Å². The second-order valence-electron chi connectivity index (χ2n) is 5.59. The fourth-order valence-electron chi connectivity index (χ4n) is 2.96. The molecule has 0 N–H and O–H groups in total. The Morgan fingerprint density at radius 3 is 2.52 bits per heavy atom. The molecular formula is C17H21N3O3. The molecule has 1 aromatic carbocycles. The molecule has 6 heteroatoms. The molecule has 0 saturated carbocycles. The second-order valence-corrected chi connectivity index (χ2v) is 5.59. The maximum Gasteiger partial charge on any atom is 0.279 e. The van der Waals surface area contributed by atoms with Crippen LogP contribution in [0.5, 0.6) is 11.5 Å². The van der Waals surface area contributed by atoms with E-state index >= 15 is 0 Å². The Morgan fingerprint density at radius 1 is 1.17 bits per heavy atom. The van der Waals surface area contributed by atoms with E-state index in [2.05, 4.69) is 11.9 Å². The Morgan fingerprint density at radius 2 is 1.87 bits per heavy atom. The van der Waals surface area contributed by atoms with E-state index < -0.39 is 0 Å². The summed E-state index contributed by atoms with van der Waals surface area (Å²) in [6.45, 7) is 2.77. The van der Waals surface area contributed by atoms with E-state index in [1.54, 1.807) is 25.1 Å². The normalized spacial score (nSPS) is 11.3. The number of hydrogen-bond donors (Lipinski definition) is 0. The van der Waals surface area contributed by atoms with E-state index in [1.807, 2.05) is 23.7 Å². The van der Waals surface area contributed by atoms with Crippen molar-refractivity contribution in [3.05, 3.63) is 28.8 Å². The molecular weight excluding hydrogens is 294 g/mol. The summed E-state index contributed by atoms with van der Waals surface area (Å²) in [4.78, 5) is 17.1. The van der Waals surface area contributed by atoms with Crippen molar-refractivity contribution in [1.29, 1.82) is 0 Å². The highest BCUT2D eigenvalue weighted by molar-refractivity contribution is 6.03. The van der Waals surface area contributed by atoms with Gasteiger partial charge in [0.15, 0.2) is 17.0 Å². The van der Waals surface area contributed by atoms with Gasteiger partial charge in [-0.3, -0.25) is 4.79 Å². The molecule has 0 bridgehead atoms. The highest BCUT2D eigenvalue weighted by atomic mass is 16.5. The number of rotatable bonds is 5. The Labute approximate surface area is 134 Å². The van der Waals surface area contributed by atoms with Crippen LogP contribution in [0.15, 0.2) is 23.3 Å². The van der Waals surface area contributed by atoms with Crippen molar-refractivity contribution < 1.29 is 9.47 Å². The Hall–Kier alpha value is -2.50. The lowest BCUT2D eigenvalue weighted by Crippen LogP contribution is -2.21. The van der Waals surface area contributed by atoms with E-state index in [0.717, 1.165) is 29.3 Å². The first-order chi connectivity index (χ1) is 11.1. The van der Waals surface area contributed by atoms with E-state index in [0.29, 0.717) is 23.6 Å². The number of benzene rings is 1. The van der Waals surface area contributed by atoms with Crippen molar-refractivity contribution in [2.45, 2.75) is 26.3 Å². The molecule has 3 rings (SSSR count). The molecule has 0 spiro atoms. The van der Waals surface area contributed by atoms with E-state index in [1.165, 1.54) is 0 Å². The van der Waals surface area contributed by atoms with E-state index in [9.17, 15) is 4.79 Å². The third kappa shape index (κ3) is 2.34. The highest BCUT2D eigenvalue weighted by Crippen LogP contribution is 2.34. The molecule has 0 fully saturated rings. The maximum atomic E-state index is 12.8. The minimum absolute atomic E-state index is 0.0613. The predicted octanol–water partition coefficient (Wildman–Crippen LogP) is 2.71. The molecule has 2 aromatic heterocycles. The topological polar surface area (TPSA) is 58.3 Å². The van der Waals surface area contributed by atoms with Gasteiger partial charge < -0.3 is 18.6 Å². The standard InChI is InChI=1S/C17H21N3O3/c1-5-6-7-20-12-9-14(23-4)13(22-3)8-11(12)16-15(17(20)21)18-10-19(16)2/h8-10H,5-7H2,1-4H3. The van der Waals surface area contributed by atoms with Crippen molar-refractivity contribution in [1.82, 2.24) is 14.1 Å². The fraction of sp³-hybridized carbons (Fsp3) is 0.412. The summed E-state index contributed by atoms with van der Waals surface area (Å²) in [6.07, 6.45) is 3.62. The third-order valence-corrected chi connectivity index (χ3v) is 4.17. The van der Waals surface area contributed by atoms with Gasteiger partial charge in [0.1, 0.15) is 0 Å². The zero-order chi connectivity index (χ0) is 16.6. The monoisotopic (exact) mass is 315 g/mol. The van der Waals surface area contributed by atoms with Crippen molar-refractivity contribution in [3.63, 3.8) is 0 Å². The van der Waals surface area contributed by atoms with Gasteiger partial charge in [-0.1, -0.05) is 13.3 Å². The third-order valence-electron chi connectivity index (χ3n) is 4.17. The fourth-order valence-corrected chi connectivity index (χ4v) is 2.96. The Balaban J connectivity index is 2.47. The molecule has 0 atom stereocenters. The number of imidazole rings is 1. The van der Waals surface area contributed by atoms with Crippen LogP contribution in [0.1, 0.15) is 19.8 Å². The molecule has 2 heterocycles. The van der Waals surface area contributed by atoms with Crippen LogP contribution in [0, 0.1) is 0 Å². The minimum Gasteiger partial charge on any atom is -0.493 e. The summed E-state index contributed by atoms with van der Waals surface area (Å²) in [7, 11) is 5.10. The molecule has 0 aliphatic rings. The molecule has 3 aromatic rings. The number of unbranched alkanes of at least 4 members (excludes halogenated alkanes) is 1.